The number of rotatable bonds is 3. The van der Waals surface area contributed by atoms with E-state index in [0.29, 0.717) is 35.7 Å². The van der Waals surface area contributed by atoms with Crippen molar-refractivity contribution in [1.29, 1.82) is 0 Å². The van der Waals surface area contributed by atoms with Gasteiger partial charge in [-0.2, -0.15) is 18.3 Å². The van der Waals surface area contributed by atoms with Crippen molar-refractivity contribution >= 4 is 5.82 Å². The van der Waals surface area contributed by atoms with Crippen LogP contribution in [0.15, 0.2) is 48.5 Å². The van der Waals surface area contributed by atoms with Crippen LogP contribution in [0.1, 0.15) is 11.1 Å². The van der Waals surface area contributed by atoms with Gasteiger partial charge in [-0.15, -0.1) is 13.2 Å². The Balaban J connectivity index is 1.69. The third-order valence-electron chi connectivity index (χ3n) is 4.45. The molecule has 2 aromatic carbocycles. The van der Waals surface area contributed by atoms with Crippen LogP contribution >= 0.6 is 0 Å². The van der Waals surface area contributed by atoms with Crippen LogP contribution in [-0.4, -0.2) is 22.7 Å². The molecule has 4 nitrogen and oxygen atoms in total. The van der Waals surface area contributed by atoms with Crippen LogP contribution in [0.3, 0.4) is 0 Å². The second kappa shape index (κ2) is 6.71. The SMILES string of the molecule is FC(F)(F)Oc1ccc(-n2nc(-c3ccc(C(F)(F)F)cc3)c3c2NCC3)cc1. The number of anilines is 1. The van der Waals surface area contributed by atoms with E-state index in [9.17, 15) is 26.3 Å². The lowest BCUT2D eigenvalue weighted by molar-refractivity contribution is -0.274. The van der Waals surface area contributed by atoms with Crippen molar-refractivity contribution in [3.8, 4) is 22.7 Å². The normalized spacial score (nSPS) is 13.9. The lowest BCUT2D eigenvalue weighted by Gasteiger charge is -2.10. The molecule has 1 N–H and O–H groups in total. The molecule has 0 unspecified atom stereocenters. The van der Waals surface area contributed by atoms with Crippen LogP contribution in [0.5, 0.6) is 5.75 Å². The molecule has 10 heteroatoms. The predicted molar refractivity (Wildman–Crippen MR) is 92.9 cm³/mol. The average Bonchev–Trinajstić information content (AvgIpc) is 3.23. The van der Waals surface area contributed by atoms with Gasteiger partial charge in [-0.1, -0.05) is 12.1 Å². The van der Waals surface area contributed by atoms with Crippen molar-refractivity contribution in [2.75, 3.05) is 11.9 Å². The van der Waals surface area contributed by atoms with Crippen LogP contribution in [-0.2, 0) is 12.6 Å². The van der Waals surface area contributed by atoms with Crippen molar-refractivity contribution in [3.63, 3.8) is 0 Å². The summed E-state index contributed by atoms with van der Waals surface area (Å²) in [6, 6.07) is 9.88. The van der Waals surface area contributed by atoms with Crippen molar-refractivity contribution in [1.82, 2.24) is 9.78 Å². The Morgan fingerprint density at radius 2 is 1.55 bits per heavy atom. The Bertz CT molecular complexity index is 1020. The van der Waals surface area contributed by atoms with Crippen LogP contribution in [0.2, 0.25) is 0 Å². The zero-order chi connectivity index (χ0) is 20.8. The summed E-state index contributed by atoms with van der Waals surface area (Å²) in [5.41, 5.74) is 1.61. The minimum Gasteiger partial charge on any atom is -0.406 e. The number of aromatic nitrogens is 2. The second-order valence-electron chi connectivity index (χ2n) is 6.38. The first kappa shape index (κ1) is 19.2. The average molecular weight is 413 g/mol. The molecule has 0 amide bonds. The summed E-state index contributed by atoms with van der Waals surface area (Å²) in [5.74, 6) is 0.297. The molecule has 0 fully saturated rings. The van der Waals surface area contributed by atoms with Gasteiger partial charge >= 0.3 is 12.5 Å². The lowest BCUT2D eigenvalue weighted by Crippen LogP contribution is -2.17. The van der Waals surface area contributed by atoms with E-state index in [2.05, 4.69) is 15.2 Å². The van der Waals surface area contributed by atoms with Crippen molar-refractivity contribution in [3.05, 3.63) is 59.7 Å². The molecule has 0 saturated carbocycles. The summed E-state index contributed by atoms with van der Waals surface area (Å²) in [7, 11) is 0. The first-order valence-electron chi connectivity index (χ1n) is 8.51. The van der Waals surface area contributed by atoms with E-state index < -0.39 is 18.1 Å². The highest BCUT2D eigenvalue weighted by Gasteiger charge is 2.32. The number of hydrogen-bond acceptors (Lipinski definition) is 3. The minimum atomic E-state index is -4.79. The first-order chi connectivity index (χ1) is 13.6. The largest absolute Gasteiger partial charge is 0.573 e. The molecule has 152 valence electrons. The maximum Gasteiger partial charge on any atom is 0.573 e. The Morgan fingerprint density at radius 3 is 2.14 bits per heavy atom. The molecule has 0 aliphatic carbocycles. The minimum absolute atomic E-state index is 0.360. The quantitative estimate of drug-likeness (QED) is 0.583. The van der Waals surface area contributed by atoms with Crippen LogP contribution in [0.4, 0.5) is 32.2 Å². The molecule has 2 heterocycles. The molecule has 0 spiro atoms. The van der Waals surface area contributed by atoms with Gasteiger partial charge in [0.1, 0.15) is 11.6 Å². The molecule has 4 rings (SSSR count). The highest BCUT2D eigenvalue weighted by atomic mass is 19.4. The molecule has 1 aliphatic rings. The molecule has 1 aliphatic heterocycles. The molecular formula is C19H13F6N3O. The lowest BCUT2D eigenvalue weighted by atomic mass is 10.0. The number of ether oxygens (including phenoxy) is 1. The fraction of sp³-hybridized carbons (Fsp3) is 0.211. The number of nitrogens with one attached hydrogen (secondary N) is 1. The van der Waals surface area contributed by atoms with E-state index in [1.165, 1.54) is 41.1 Å². The molecule has 1 aromatic heterocycles. The van der Waals surface area contributed by atoms with E-state index in [1.54, 1.807) is 0 Å². The Kier molecular flexibility index (Phi) is 4.44. The van der Waals surface area contributed by atoms with Crippen LogP contribution < -0.4 is 10.1 Å². The third-order valence-corrected chi connectivity index (χ3v) is 4.45. The van der Waals surface area contributed by atoms with Gasteiger partial charge in [0, 0.05) is 17.7 Å². The zero-order valence-corrected chi connectivity index (χ0v) is 14.6. The summed E-state index contributed by atoms with van der Waals surface area (Å²) in [5, 5.41) is 7.63. The highest BCUT2D eigenvalue weighted by Crippen LogP contribution is 2.36. The van der Waals surface area contributed by atoms with Crippen molar-refractivity contribution < 1.29 is 31.1 Å². The van der Waals surface area contributed by atoms with Crippen molar-refractivity contribution in [2.24, 2.45) is 0 Å². The second-order valence-corrected chi connectivity index (χ2v) is 6.38. The summed E-state index contributed by atoms with van der Waals surface area (Å²) in [6.45, 7) is 0.621. The summed E-state index contributed by atoms with van der Waals surface area (Å²) in [4.78, 5) is 0. The molecule has 3 aromatic rings. The third kappa shape index (κ3) is 3.87. The maximum atomic E-state index is 12.8. The predicted octanol–water partition coefficient (Wildman–Crippen LogP) is 5.42. The van der Waals surface area contributed by atoms with Gasteiger partial charge in [0.25, 0.3) is 0 Å². The van der Waals surface area contributed by atoms with Gasteiger partial charge in [0.15, 0.2) is 0 Å². The van der Waals surface area contributed by atoms with E-state index >= 15 is 0 Å². The molecule has 0 radical (unpaired) electrons. The number of fused-ring (bicyclic) bond motifs is 1. The fourth-order valence-electron chi connectivity index (χ4n) is 3.20. The van der Waals surface area contributed by atoms with Gasteiger partial charge in [-0.25, -0.2) is 4.68 Å². The molecule has 0 atom stereocenters. The molecule has 29 heavy (non-hydrogen) atoms. The Labute approximate surface area is 160 Å². The monoisotopic (exact) mass is 413 g/mol. The highest BCUT2D eigenvalue weighted by molar-refractivity contribution is 5.73. The van der Waals surface area contributed by atoms with E-state index in [0.717, 1.165) is 17.7 Å². The molecule has 0 saturated heterocycles. The summed E-state index contributed by atoms with van der Waals surface area (Å²) >= 11 is 0. The van der Waals surface area contributed by atoms with Crippen molar-refractivity contribution in [2.45, 2.75) is 19.0 Å². The number of alkyl halides is 6. The van der Waals surface area contributed by atoms with E-state index in [4.69, 9.17) is 0 Å². The van der Waals surface area contributed by atoms with Gasteiger partial charge in [0.05, 0.1) is 16.9 Å². The number of hydrogen-bond donors (Lipinski definition) is 1. The standard InChI is InChI=1S/C19H13F6N3O/c20-18(21,22)12-3-1-11(2-4-12)16-15-9-10-26-17(15)28(27-16)13-5-7-14(8-6-13)29-19(23,24)25/h1-8,26H,9-10H2. The van der Waals surface area contributed by atoms with E-state index in [1.807, 2.05) is 0 Å². The molecular weight excluding hydrogens is 400 g/mol. The van der Waals surface area contributed by atoms with Crippen LogP contribution in [0, 0.1) is 0 Å². The van der Waals surface area contributed by atoms with Gasteiger partial charge in [-0.05, 0) is 42.8 Å². The zero-order valence-electron chi connectivity index (χ0n) is 14.6. The first-order valence-corrected chi connectivity index (χ1v) is 8.51. The topological polar surface area (TPSA) is 39.1 Å². The Hall–Kier alpha value is -3.17. The van der Waals surface area contributed by atoms with E-state index in [-0.39, 0.29) is 5.75 Å². The Morgan fingerprint density at radius 1 is 0.897 bits per heavy atom. The number of nitrogens with zero attached hydrogens (tertiary/aromatic N) is 2. The van der Waals surface area contributed by atoms with Gasteiger partial charge in [0.2, 0.25) is 0 Å². The number of halogens is 6. The van der Waals surface area contributed by atoms with Gasteiger partial charge in [-0.3, -0.25) is 0 Å². The van der Waals surface area contributed by atoms with Gasteiger partial charge < -0.3 is 10.1 Å². The van der Waals surface area contributed by atoms with Crippen LogP contribution in [0.25, 0.3) is 16.9 Å². The smallest absolute Gasteiger partial charge is 0.406 e. The summed E-state index contributed by atoms with van der Waals surface area (Å²) in [6.07, 6.45) is -8.59. The maximum absolute atomic E-state index is 12.8. The summed E-state index contributed by atoms with van der Waals surface area (Å²) < 4.78 is 80.7. The fourth-order valence-corrected chi connectivity index (χ4v) is 3.20. The molecule has 0 bridgehead atoms. The number of benzene rings is 2.